The normalized spacial score (nSPS) is 15.1. The molecule has 3 rings (SSSR count). The molecule has 2 aromatic carbocycles. The Morgan fingerprint density at radius 2 is 1.95 bits per heavy atom. The summed E-state index contributed by atoms with van der Waals surface area (Å²) >= 11 is 0. The molecule has 0 saturated carbocycles. The van der Waals surface area contributed by atoms with Crippen LogP contribution in [0.4, 0.5) is 10.1 Å². The first-order valence-electron chi connectivity index (χ1n) is 6.87. The number of aliphatic hydroxyl groups excluding tert-OH is 1. The summed E-state index contributed by atoms with van der Waals surface area (Å²) in [7, 11) is 0. The van der Waals surface area contributed by atoms with Gasteiger partial charge in [-0.15, -0.1) is 0 Å². The van der Waals surface area contributed by atoms with Gasteiger partial charge in [-0.3, -0.25) is 0 Å². The molecular weight excluding hydrogens is 271 g/mol. The number of benzene rings is 2. The number of hydroxylamine groups is 1. The van der Waals surface area contributed by atoms with Crippen molar-refractivity contribution in [3.8, 4) is 0 Å². The van der Waals surface area contributed by atoms with Crippen molar-refractivity contribution in [3.05, 3.63) is 65.0 Å². The van der Waals surface area contributed by atoms with Crippen molar-refractivity contribution in [3.63, 3.8) is 0 Å². The third-order valence-corrected chi connectivity index (χ3v) is 3.83. The number of nitrogens with zero attached hydrogens (tertiary/aromatic N) is 1. The van der Waals surface area contributed by atoms with Crippen molar-refractivity contribution in [2.24, 2.45) is 0 Å². The topological polar surface area (TPSA) is 55.7 Å². The zero-order valence-corrected chi connectivity index (χ0v) is 11.5. The molecule has 1 heterocycles. The summed E-state index contributed by atoms with van der Waals surface area (Å²) in [6.45, 7) is 1.57. The first-order valence-corrected chi connectivity index (χ1v) is 6.87. The Morgan fingerprint density at radius 3 is 2.67 bits per heavy atom. The van der Waals surface area contributed by atoms with Gasteiger partial charge in [0.2, 0.25) is 0 Å². The molecule has 0 aliphatic carbocycles. The zero-order valence-electron chi connectivity index (χ0n) is 11.5. The van der Waals surface area contributed by atoms with Crippen LogP contribution < -0.4 is 10.4 Å². The van der Waals surface area contributed by atoms with Crippen LogP contribution in [0.15, 0.2) is 42.5 Å². The molecular formula is C16H17FN2O2. The average Bonchev–Trinajstić information content (AvgIpc) is 2.89. The van der Waals surface area contributed by atoms with Gasteiger partial charge in [0, 0.05) is 18.8 Å². The van der Waals surface area contributed by atoms with Gasteiger partial charge in [-0.2, -0.15) is 5.48 Å². The number of fused-ring (bicyclic) bond motifs is 1. The molecule has 1 atom stereocenters. The highest BCUT2D eigenvalue weighted by Gasteiger charge is 2.19. The first kappa shape index (κ1) is 14.0. The number of rotatable bonds is 4. The highest BCUT2D eigenvalue weighted by Crippen LogP contribution is 2.30. The van der Waals surface area contributed by atoms with E-state index in [2.05, 4.69) is 4.90 Å². The molecule has 1 unspecified atom stereocenters. The molecule has 0 bridgehead atoms. The van der Waals surface area contributed by atoms with Crippen LogP contribution in [0.5, 0.6) is 0 Å². The molecule has 0 amide bonds. The van der Waals surface area contributed by atoms with Crippen LogP contribution in [0.3, 0.4) is 0 Å². The molecule has 4 nitrogen and oxygen atoms in total. The van der Waals surface area contributed by atoms with E-state index in [9.17, 15) is 9.50 Å². The van der Waals surface area contributed by atoms with Crippen molar-refractivity contribution in [1.82, 2.24) is 5.48 Å². The fourth-order valence-electron chi connectivity index (χ4n) is 2.68. The Bertz CT molecular complexity index is 631. The van der Waals surface area contributed by atoms with Crippen LogP contribution in [0, 0.1) is 5.82 Å². The third-order valence-electron chi connectivity index (χ3n) is 3.83. The monoisotopic (exact) mass is 288 g/mol. The second-order valence-electron chi connectivity index (χ2n) is 5.22. The van der Waals surface area contributed by atoms with Gasteiger partial charge in [0.1, 0.15) is 5.82 Å². The lowest BCUT2D eigenvalue weighted by molar-refractivity contribution is 0.000693. The number of anilines is 1. The average molecular weight is 288 g/mol. The molecule has 0 fully saturated rings. The van der Waals surface area contributed by atoms with Gasteiger partial charge in [-0.1, -0.05) is 30.3 Å². The maximum Gasteiger partial charge on any atom is 0.152 e. The Kier molecular flexibility index (Phi) is 3.88. The van der Waals surface area contributed by atoms with E-state index in [0.29, 0.717) is 12.1 Å². The van der Waals surface area contributed by atoms with E-state index in [1.54, 1.807) is 23.7 Å². The van der Waals surface area contributed by atoms with E-state index in [4.69, 9.17) is 5.21 Å². The summed E-state index contributed by atoms with van der Waals surface area (Å²) in [4.78, 5) is 2.15. The van der Waals surface area contributed by atoms with Gasteiger partial charge in [0.15, 0.2) is 6.23 Å². The van der Waals surface area contributed by atoms with Crippen LogP contribution >= 0.6 is 0 Å². The van der Waals surface area contributed by atoms with Crippen LogP contribution in [0.1, 0.15) is 22.9 Å². The van der Waals surface area contributed by atoms with E-state index < -0.39 is 6.23 Å². The van der Waals surface area contributed by atoms with Crippen LogP contribution in [0.25, 0.3) is 0 Å². The smallest absolute Gasteiger partial charge is 0.152 e. The van der Waals surface area contributed by atoms with E-state index >= 15 is 0 Å². The SMILES string of the molecule is ONC(O)c1ccc(CN2CCc3ccc(F)cc32)cc1. The largest absolute Gasteiger partial charge is 0.372 e. The number of nitrogens with one attached hydrogen (secondary N) is 1. The van der Waals surface area contributed by atoms with Crippen LogP contribution in [-0.4, -0.2) is 16.9 Å². The molecule has 0 spiro atoms. The number of hydrogen-bond acceptors (Lipinski definition) is 4. The Hall–Kier alpha value is -1.95. The van der Waals surface area contributed by atoms with Crippen LogP contribution in [-0.2, 0) is 13.0 Å². The predicted octanol–water partition coefficient (Wildman–Crippen LogP) is 2.36. The maximum absolute atomic E-state index is 13.4. The van der Waals surface area contributed by atoms with E-state index in [-0.39, 0.29) is 5.82 Å². The van der Waals surface area contributed by atoms with Gasteiger partial charge >= 0.3 is 0 Å². The molecule has 5 heteroatoms. The standard InChI is InChI=1S/C16H17FN2O2/c17-14-6-5-12-7-8-19(15(12)9-14)10-11-1-3-13(4-2-11)16(20)18-21/h1-6,9,16,18,20-21H,7-8,10H2. The molecule has 0 radical (unpaired) electrons. The van der Waals surface area contributed by atoms with Gasteiger partial charge in [0.05, 0.1) is 0 Å². The summed E-state index contributed by atoms with van der Waals surface area (Å²) in [5.74, 6) is -0.215. The third kappa shape index (κ3) is 2.90. The minimum atomic E-state index is -1.08. The second-order valence-corrected chi connectivity index (χ2v) is 5.22. The predicted molar refractivity (Wildman–Crippen MR) is 77.5 cm³/mol. The van der Waals surface area contributed by atoms with E-state index in [1.165, 1.54) is 11.6 Å². The van der Waals surface area contributed by atoms with E-state index in [1.807, 2.05) is 18.2 Å². The Morgan fingerprint density at radius 1 is 1.19 bits per heavy atom. The molecule has 0 aromatic heterocycles. The van der Waals surface area contributed by atoms with Crippen molar-refractivity contribution in [1.29, 1.82) is 0 Å². The maximum atomic E-state index is 13.4. The number of halogens is 1. The molecule has 110 valence electrons. The second kappa shape index (κ2) is 5.81. The zero-order chi connectivity index (χ0) is 14.8. The molecule has 1 aliphatic rings. The van der Waals surface area contributed by atoms with Crippen molar-refractivity contribution < 1.29 is 14.7 Å². The molecule has 21 heavy (non-hydrogen) atoms. The first-order chi connectivity index (χ1) is 10.2. The summed E-state index contributed by atoms with van der Waals surface area (Å²) in [6, 6.07) is 12.2. The van der Waals surface area contributed by atoms with Gasteiger partial charge in [-0.05, 0) is 35.2 Å². The lowest BCUT2D eigenvalue weighted by Gasteiger charge is -2.20. The number of hydrogen-bond donors (Lipinski definition) is 3. The fraction of sp³-hybridized carbons (Fsp3) is 0.250. The molecule has 0 saturated heterocycles. The Balaban J connectivity index is 1.75. The summed E-state index contributed by atoms with van der Waals surface area (Å²) < 4.78 is 13.4. The highest BCUT2D eigenvalue weighted by atomic mass is 19.1. The van der Waals surface area contributed by atoms with Gasteiger partial charge < -0.3 is 15.2 Å². The Labute approximate surface area is 122 Å². The summed E-state index contributed by atoms with van der Waals surface area (Å²) in [5, 5.41) is 18.1. The van der Waals surface area contributed by atoms with Gasteiger partial charge in [-0.25, -0.2) is 4.39 Å². The summed E-state index contributed by atoms with van der Waals surface area (Å²) in [6.07, 6.45) is -0.151. The molecule has 1 aliphatic heterocycles. The van der Waals surface area contributed by atoms with Crippen molar-refractivity contribution in [2.45, 2.75) is 19.2 Å². The van der Waals surface area contributed by atoms with Crippen molar-refractivity contribution >= 4 is 5.69 Å². The highest BCUT2D eigenvalue weighted by molar-refractivity contribution is 5.58. The fourth-order valence-corrected chi connectivity index (χ4v) is 2.68. The molecule has 2 aromatic rings. The number of aliphatic hydroxyl groups is 1. The van der Waals surface area contributed by atoms with Gasteiger partial charge in [0.25, 0.3) is 0 Å². The van der Waals surface area contributed by atoms with Crippen molar-refractivity contribution in [2.75, 3.05) is 11.4 Å². The minimum absolute atomic E-state index is 0.215. The molecule has 3 N–H and O–H groups in total. The lowest BCUT2D eigenvalue weighted by Crippen LogP contribution is -2.20. The lowest BCUT2D eigenvalue weighted by atomic mass is 10.1. The summed E-state index contributed by atoms with van der Waals surface area (Å²) in [5.41, 5.74) is 5.59. The van der Waals surface area contributed by atoms with E-state index in [0.717, 1.165) is 24.2 Å². The minimum Gasteiger partial charge on any atom is -0.372 e. The van der Waals surface area contributed by atoms with Crippen LogP contribution in [0.2, 0.25) is 0 Å². The quantitative estimate of drug-likeness (QED) is 0.597.